The van der Waals surface area contributed by atoms with Crippen LogP contribution in [0.25, 0.3) is 0 Å². The van der Waals surface area contributed by atoms with Gasteiger partial charge in [0.1, 0.15) is 0 Å². The van der Waals surface area contributed by atoms with Gasteiger partial charge < -0.3 is 9.80 Å². The molecule has 1 unspecified atom stereocenters. The van der Waals surface area contributed by atoms with E-state index in [1.807, 2.05) is 0 Å². The van der Waals surface area contributed by atoms with Crippen molar-refractivity contribution < 1.29 is 0 Å². The van der Waals surface area contributed by atoms with Crippen LogP contribution in [0, 0.1) is 11.8 Å². The van der Waals surface area contributed by atoms with Crippen LogP contribution in [-0.2, 0) is 0 Å². The molecule has 2 saturated heterocycles. The maximum absolute atomic E-state index is 2.81. The maximum atomic E-state index is 2.81. The van der Waals surface area contributed by atoms with Crippen LogP contribution in [-0.4, -0.2) is 97.1 Å². The van der Waals surface area contributed by atoms with Gasteiger partial charge in [-0.1, -0.05) is 32.6 Å². The van der Waals surface area contributed by atoms with E-state index in [-0.39, 0.29) is 0 Å². The van der Waals surface area contributed by atoms with Gasteiger partial charge in [-0.2, -0.15) is 0 Å². The first kappa shape index (κ1) is 22.0. The van der Waals surface area contributed by atoms with Crippen LogP contribution in [0.15, 0.2) is 0 Å². The average Bonchev–Trinajstić information content (AvgIpc) is 3.31. The fraction of sp³-hybridized carbons (Fsp3) is 1.00. The highest BCUT2D eigenvalue weighted by Gasteiger charge is 2.30. The standard InChI is InChI=1S/C25H48N4/c1-3-26-12-14-27(15-13-26)21-24-10-8-23(9-11-24)20-22(2)28-16-18-29(19-17-28)25-6-4-5-7-25/h22-25H,3-21H2,1-2H3. The molecule has 4 aliphatic rings. The molecule has 0 aromatic carbocycles. The van der Waals surface area contributed by atoms with E-state index in [2.05, 4.69) is 33.4 Å². The molecular formula is C25H48N4. The summed E-state index contributed by atoms with van der Waals surface area (Å²) in [5, 5.41) is 0. The summed E-state index contributed by atoms with van der Waals surface area (Å²) in [4.78, 5) is 11.0. The van der Waals surface area contributed by atoms with E-state index >= 15 is 0 Å². The van der Waals surface area contributed by atoms with Crippen molar-refractivity contribution in [3.05, 3.63) is 0 Å². The highest BCUT2D eigenvalue weighted by Crippen LogP contribution is 2.33. The smallest absolute Gasteiger partial charge is 0.0113 e. The zero-order chi connectivity index (χ0) is 20.1. The first-order valence-corrected chi connectivity index (χ1v) is 13.1. The van der Waals surface area contributed by atoms with Gasteiger partial charge in [0.15, 0.2) is 0 Å². The predicted octanol–water partition coefficient (Wildman–Crippen LogP) is 3.77. The molecule has 0 radical (unpaired) electrons. The third-order valence-electron chi connectivity index (χ3n) is 8.88. The first-order valence-electron chi connectivity index (χ1n) is 13.1. The van der Waals surface area contributed by atoms with E-state index in [1.165, 1.54) is 123 Å². The van der Waals surface area contributed by atoms with Crippen molar-refractivity contribution in [3.63, 3.8) is 0 Å². The van der Waals surface area contributed by atoms with Crippen LogP contribution in [0.1, 0.15) is 71.6 Å². The summed E-state index contributed by atoms with van der Waals surface area (Å²) in [6, 6.07) is 1.72. The molecule has 29 heavy (non-hydrogen) atoms. The van der Waals surface area contributed by atoms with Crippen molar-refractivity contribution in [2.45, 2.75) is 83.7 Å². The van der Waals surface area contributed by atoms with Crippen LogP contribution in [0.3, 0.4) is 0 Å². The summed E-state index contributed by atoms with van der Waals surface area (Å²) in [7, 11) is 0. The molecular weight excluding hydrogens is 356 g/mol. The Bertz CT molecular complexity index is 453. The SMILES string of the molecule is CCN1CCN(CC2CCC(CC(C)N3CCN(C4CCCC4)CC3)CC2)CC1. The molecule has 0 aromatic heterocycles. The summed E-state index contributed by atoms with van der Waals surface area (Å²) < 4.78 is 0. The van der Waals surface area contributed by atoms with Gasteiger partial charge in [0, 0.05) is 71.0 Å². The minimum atomic E-state index is 0.796. The Morgan fingerprint density at radius 2 is 1.28 bits per heavy atom. The molecule has 168 valence electrons. The minimum Gasteiger partial charge on any atom is -0.301 e. The molecule has 2 heterocycles. The van der Waals surface area contributed by atoms with Gasteiger partial charge in [-0.3, -0.25) is 9.80 Å². The second-order valence-electron chi connectivity index (χ2n) is 10.7. The Morgan fingerprint density at radius 3 is 1.90 bits per heavy atom. The van der Waals surface area contributed by atoms with E-state index in [0.717, 1.165) is 23.9 Å². The van der Waals surface area contributed by atoms with E-state index < -0.39 is 0 Å². The number of hydrogen-bond acceptors (Lipinski definition) is 4. The molecule has 4 fully saturated rings. The predicted molar refractivity (Wildman–Crippen MR) is 123 cm³/mol. The lowest BCUT2D eigenvalue weighted by Crippen LogP contribution is -2.52. The normalized spacial score (nSPS) is 33.3. The number of nitrogens with zero attached hydrogens (tertiary/aromatic N) is 4. The molecule has 2 saturated carbocycles. The van der Waals surface area contributed by atoms with Gasteiger partial charge in [0.2, 0.25) is 0 Å². The lowest BCUT2D eigenvalue weighted by atomic mass is 9.79. The van der Waals surface area contributed by atoms with Gasteiger partial charge in [0.25, 0.3) is 0 Å². The lowest BCUT2D eigenvalue weighted by molar-refractivity contribution is 0.0615. The van der Waals surface area contributed by atoms with E-state index in [1.54, 1.807) is 0 Å². The van der Waals surface area contributed by atoms with Crippen molar-refractivity contribution in [2.24, 2.45) is 11.8 Å². The average molecular weight is 405 g/mol. The van der Waals surface area contributed by atoms with Crippen molar-refractivity contribution in [1.29, 1.82) is 0 Å². The number of likely N-dealkylation sites (N-methyl/N-ethyl adjacent to an activating group) is 1. The Hall–Kier alpha value is -0.160. The first-order chi connectivity index (χ1) is 14.2. The van der Waals surface area contributed by atoms with Crippen LogP contribution in [0.2, 0.25) is 0 Å². The quantitative estimate of drug-likeness (QED) is 0.640. The van der Waals surface area contributed by atoms with E-state index in [9.17, 15) is 0 Å². The van der Waals surface area contributed by atoms with Crippen molar-refractivity contribution in [1.82, 2.24) is 19.6 Å². The molecule has 2 aliphatic carbocycles. The molecule has 0 amide bonds. The summed E-state index contributed by atoms with van der Waals surface area (Å²) in [6.07, 6.45) is 13.3. The molecule has 4 rings (SSSR count). The van der Waals surface area contributed by atoms with Crippen LogP contribution in [0.5, 0.6) is 0 Å². The second-order valence-corrected chi connectivity index (χ2v) is 10.7. The molecule has 2 aliphatic heterocycles. The summed E-state index contributed by atoms with van der Waals surface area (Å²) >= 11 is 0. The molecule has 1 atom stereocenters. The number of hydrogen-bond donors (Lipinski definition) is 0. The second kappa shape index (κ2) is 10.9. The largest absolute Gasteiger partial charge is 0.301 e. The van der Waals surface area contributed by atoms with Crippen molar-refractivity contribution >= 4 is 0 Å². The molecule has 4 nitrogen and oxygen atoms in total. The molecule has 4 heteroatoms. The summed E-state index contributed by atoms with van der Waals surface area (Å²) in [5.41, 5.74) is 0. The van der Waals surface area contributed by atoms with Crippen LogP contribution < -0.4 is 0 Å². The van der Waals surface area contributed by atoms with E-state index in [4.69, 9.17) is 0 Å². The minimum absolute atomic E-state index is 0.796. The van der Waals surface area contributed by atoms with E-state index in [0.29, 0.717) is 0 Å². The third kappa shape index (κ3) is 6.18. The van der Waals surface area contributed by atoms with Crippen LogP contribution >= 0.6 is 0 Å². The Balaban J connectivity index is 1.11. The third-order valence-corrected chi connectivity index (χ3v) is 8.88. The fourth-order valence-electron chi connectivity index (χ4n) is 6.75. The Morgan fingerprint density at radius 1 is 0.690 bits per heavy atom. The van der Waals surface area contributed by atoms with Gasteiger partial charge in [0.05, 0.1) is 0 Å². The topological polar surface area (TPSA) is 13.0 Å². The van der Waals surface area contributed by atoms with Crippen molar-refractivity contribution in [2.75, 3.05) is 65.4 Å². The number of piperazine rings is 2. The fourth-order valence-corrected chi connectivity index (χ4v) is 6.75. The highest BCUT2D eigenvalue weighted by molar-refractivity contribution is 4.85. The van der Waals surface area contributed by atoms with Gasteiger partial charge in [-0.05, 0) is 57.4 Å². The van der Waals surface area contributed by atoms with Gasteiger partial charge >= 0.3 is 0 Å². The molecule has 0 N–H and O–H groups in total. The molecule has 0 spiro atoms. The highest BCUT2D eigenvalue weighted by atomic mass is 15.3. The maximum Gasteiger partial charge on any atom is 0.0113 e. The summed E-state index contributed by atoms with van der Waals surface area (Å²) in [5.74, 6) is 1.97. The zero-order valence-corrected chi connectivity index (χ0v) is 19.5. The van der Waals surface area contributed by atoms with Crippen LogP contribution in [0.4, 0.5) is 0 Å². The van der Waals surface area contributed by atoms with Crippen molar-refractivity contribution in [3.8, 4) is 0 Å². The Labute approximate surface area is 181 Å². The molecule has 0 bridgehead atoms. The lowest BCUT2D eigenvalue weighted by Gasteiger charge is -2.42. The number of rotatable bonds is 7. The molecule has 0 aromatic rings. The summed E-state index contributed by atoms with van der Waals surface area (Å²) in [6.45, 7) is 17.9. The Kier molecular flexibility index (Phi) is 8.31. The zero-order valence-electron chi connectivity index (χ0n) is 19.5. The van der Waals surface area contributed by atoms with Gasteiger partial charge in [-0.15, -0.1) is 0 Å². The van der Waals surface area contributed by atoms with Gasteiger partial charge in [-0.25, -0.2) is 0 Å². The monoisotopic (exact) mass is 404 g/mol.